The Morgan fingerprint density at radius 3 is 0.855 bits per heavy atom. The SMILES string of the molecule is OCCOc1ccc2ccccc2c1-c1c(OCCOc2cccc3c2sc2c(OCCOc4ccc5ccccc5c4-c4c(OCCO)ccc5ccccc45)cccc23)ccc2ccccc12. The third kappa shape index (κ3) is 8.57. The first-order chi connectivity index (χ1) is 34.2. The lowest BCUT2D eigenvalue weighted by atomic mass is 9.92. The maximum Gasteiger partial charge on any atom is 0.137 e. The Balaban J connectivity index is 0.830. The number of aliphatic hydroxyl groups excluding tert-OH is 2. The molecular formula is C60H48O8S. The van der Waals surface area contributed by atoms with Gasteiger partial charge in [-0.2, -0.15) is 0 Å². The van der Waals surface area contributed by atoms with Crippen LogP contribution in [0, 0.1) is 0 Å². The summed E-state index contributed by atoms with van der Waals surface area (Å²) in [5.74, 6) is 4.36. The highest BCUT2D eigenvalue weighted by atomic mass is 32.1. The third-order valence-corrected chi connectivity index (χ3v) is 13.7. The maximum atomic E-state index is 9.70. The van der Waals surface area contributed by atoms with Crippen LogP contribution in [-0.4, -0.2) is 63.1 Å². The van der Waals surface area contributed by atoms with Gasteiger partial charge in [0.15, 0.2) is 0 Å². The van der Waals surface area contributed by atoms with E-state index in [1.165, 1.54) is 0 Å². The van der Waals surface area contributed by atoms with Crippen molar-refractivity contribution in [3.63, 3.8) is 0 Å². The largest absolute Gasteiger partial charge is 0.491 e. The number of hydrogen-bond donors (Lipinski definition) is 2. The molecule has 69 heavy (non-hydrogen) atoms. The van der Waals surface area contributed by atoms with Gasteiger partial charge in [0, 0.05) is 33.0 Å². The number of hydrogen-bond acceptors (Lipinski definition) is 9. The lowest BCUT2D eigenvalue weighted by Gasteiger charge is -2.19. The van der Waals surface area contributed by atoms with Gasteiger partial charge in [-0.05, 0) is 79.5 Å². The molecule has 0 aliphatic rings. The van der Waals surface area contributed by atoms with Gasteiger partial charge >= 0.3 is 0 Å². The molecule has 0 aliphatic heterocycles. The molecule has 11 aromatic rings. The Bertz CT molecular complexity index is 3400. The summed E-state index contributed by atoms with van der Waals surface area (Å²) < 4.78 is 40.7. The van der Waals surface area contributed by atoms with Gasteiger partial charge in [0.25, 0.3) is 0 Å². The second kappa shape index (κ2) is 19.8. The van der Waals surface area contributed by atoms with Crippen LogP contribution in [-0.2, 0) is 0 Å². The molecule has 0 amide bonds. The van der Waals surface area contributed by atoms with Crippen LogP contribution in [0.1, 0.15) is 0 Å². The predicted molar refractivity (Wildman–Crippen MR) is 280 cm³/mol. The van der Waals surface area contributed by atoms with Gasteiger partial charge in [0.1, 0.15) is 74.1 Å². The molecule has 0 unspecified atom stereocenters. The minimum Gasteiger partial charge on any atom is -0.491 e. The van der Waals surface area contributed by atoms with Crippen molar-refractivity contribution in [1.29, 1.82) is 0 Å². The maximum absolute atomic E-state index is 9.70. The Morgan fingerprint density at radius 2 is 0.536 bits per heavy atom. The van der Waals surface area contributed by atoms with E-state index in [1.54, 1.807) is 11.3 Å². The molecule has 8 nitrogen and oxygen atoms in total. The molecule has 0 spiro atoms. The average Bonchev–Trinajstić information content (AvgIpc) is 3.80. The van der Waals surface area contributed by atoms with E-state index in [0.717, 1.165) is 109 Å². The van der Waals surface area contributed by atoms with E-state index >= 15 is 0 Å². The van der Waals surface area contributed by atoms with Gasteiger partial charge in [-0.1, -0.05) is 146 Å². The predicted octanol–water partition coefficient (Wildman–Crippen LogP) is 13.7. The average molecular weight is 929 g/mol. The van der Waals surface area contributed by atoms with E-state index in [4.69, 9.17) is 28.4 Å². The molecule has 0 aliphatic carbocycles. The Labute approximate surface area is 403 Å². The highest BCUT2D eigenvalue weighted by Gasteiger charge is 2.22. The molecule has 0 atom stereocenters. The van der Waals surface area contributed by atoms with Gasteiger partial charge in [-0.25, -0.2) is 0 Å². The summed E-state index contributed by atoms with van der Waals surface area (Å²) in [5, 5.41) is 30.1. The van der Waals surface area contributed by atoms with Crippen molar-refractivity contribution < 1.29 is 38.6 Å². The second-order valence-electron chi connectivity index (χ2n) is 16.5. The van der Waals surface area contributed by atoms with Gasteiger partial charge in [-0.3, -0.25) is 0 Å². The summed E-state index contributed by atoms with van der Waals surface area (Å²) in [7, 11) is 0. The van der Waals surface area contributed by atoms with Crippen LogP contribution in [0.25, 0.3) is 85.5 Å². The summed E-state index contributed by atoms with van der Waals surface area (Å²) in [5.41, 5.74) is 3.71. The monoisotopic (exact) mass is 928 g/mol. The standard InChI is InChI=1S/C60H48O8S/c61-31-33-63-49-27-23-39-11-1-5-15-43(39)55(49)57-45-17-7-3-13-41(45)25-29-51(57)65-35-37-67-53-21-9-19-47-48-20-10-22-54(60(48)69-59(47)53)68-38-36-66-52-30-26-42-14-4-8-18-46(42)58(52)56-44-16-6-2-12-40(44)24-28-50(56)64-34-32-62/h1-30,61-62H,31-38H2. The number of benzene rings is 10. The zero-order chi connectivity index (χ0) is 46.5. The van der Waals surface area contributed by atoms with Crippen molar-refractivity contribution in [2.24, 2.45) is 0 Å². The number of rotatable bonds is 18. The quantitative estimate of drug-likeness (QED) is 0.0822. The van der Waals surface area contributed by atoms with E-state index in [1.807, 2.05) is 109 Å². The molecule has 1 aromatic heterocycles. The number of aliphatic hydroxyl groups is 2. The van der Waals surface area contributed by atoms with E-state index in [2.05, 4.69) is 72.8 Å². The molecular weight excluding hydrogens is 881 g/mol. The molecule has 0 fully saturated rings. The highest BCUT2D eigenvalue weighted by Crippen LogP contribution is 2.48. The van der Waals surface area contributed by atoms with Crippen LogP contribution in [0.2, 0.25) is 0 Å². The fourth-order valence-electron chi connectivity index (χ4n) is 9.43. The van der Waals surface area contributed by atoms with Crippen molar-refractivity contribution in [2.45, 2.75) is 0 Å². The third-order valence-electron chi connectivity index (χ3n) is 12.4. The molecule has 0 saturated carbocycles. The van der Waals surface area contributed by atoms with E-state index in [0.29, 0.717) is 37.9 Å². The Hall–Kier alpha value is -7.82. The smallest absolute Gasteiger partial charge is 0.137 e. The lowest BCUT2D eigenvalue weighted by Crippen LogP contribution is -2.10. The summed E-state index contributed by atoms with van der Waals surface area (Å²) in [6.07, 6.45) is 0. The van der Waals surface area contributed by atoms with E-state index in [9.17, 15) is 10.2 Å². The molecule has 2 N–H and O–H groups in total. The van der Waals surface area contributed by atoms with E-state index in [-0.39, 0.29) is 26.4 Å². The molecule has 0 bridgehead atoms. The van der Waals surface area contributed by atoms with Crippen LogP contribution >= 0.6 is 11.3 Å². The van der Waals surface area contributed by atoms with Crippen molar-refractivity contribution in [1.82, 2.24) is 0 Å². The number of fused-ring (bicyclic) bond motifs is 7. The van der Waals surface area contributed by atoms with Gasteiger partial charge in [0.2, 0.25) is 0 Å². The number of thiophene rings is 1. The first-order valence-corrected chi connectivity index (χ1v) is 24.0. The molecule has 10 aromatic carbocycles. The zero-order valence-corrected chi connectivity index (χ0v) is 38.5. The van der Waals surface area contributed by atoms with E-state index < -0.39 is 0 Å². The second-order valence-corrected chi connectivity index (χ2v) is 17.6. The summed E-state index contributed by atoms with van der Waals surface area (Å²) in [6, 6.07) is 61.6. The topological polar surface area (TPSA) is 95.8 Å². The lowest BCUT2D eigenvalue weighted by molar-refractivity contribution is 0.202. The molecule has 0 radical (unpaired) electrons. The van der Waals surface area contributed by atoms with Crippen molar-refractivity contribution >= 4 is 74.6 Å². The van der Waals surface area contributed by atoms with Crippen LogP contribution in [0.5, 0.6) is 34.5 Å². The zero-order valence-electron chi connectivity index (χ0n) is 37.7. The minimum absolute atomic E-state index is 0.0922. The van der Waals surface area contributed by atoms with Crippen LogP contribution < -0.4 is 28.4 Å². The van der Waals surface area contributed by atoms with Crippen molar-refractivity contribution in [3.8, 4) is 56.8 Å². The summed E-state index contributed by atoms with van der Waals surface area (Å²) in [6.45, 7) is 1.40. The Kier molecular flexibility index (Phi) is 12.5. The fraction of sp³-hybridized carbons (Fsp3) is 0.133. The van der Waals surface area contributed by atoms with Crippen molar-refractivity contribution in [3.05, 3.63) is 182 Å². The first-order valence-electron chi connectivity index (χ1n) is 23.2. The molecule has 0 saturated heterocycles. The fourth-order valence-corrected chi connectivity index (χ4v) is 10.7. The van der Waals surface area contributed by atoms with Gasteiger partial charge in [0.05, 0.1) is 22.6 Å². The normalized spacial score (nSPS) is 11.5. The molecule has 342 valence electrons. The Morgan fingerprint density at radius 1 is 0.261 bits per heavy atom. The number of ether oxygens (including phenoxy) is 6. The minimum atomic E-state index is -0.0922. The molecule has 9 heteroatoms. The van der Waals surface area contributed by atoms with Gasteiger partial charge < -0.3 is 38.6 Å². The van der Waals surface area contributed by atoms with Crippen LogP contribution in [0.15, 0.2) is 182 Å². The molecule has 1 heterocycles. The van der Waals surface area contributed by atoms with Crippen LogP contribution in [0.4, 0.5) is 0 Å². The summed E-state index contributed by atoms with van der Waals surface area (Å²) in [4.78, 5) is 0. The highest BCUT2D eigenvalue weighted by molar-refractivity contribution is 7.26. The summed E-state index contributed by atoms with van der Waals surface area (Å²) >= 11 is 1.65. The van der Waals surface area contributed by atoms with Crippen molar-refractivity contribution in [2.75, 3.05) is 52.9 Å². The van der Waals surface area contributed by atoms with Crippen LogP contribution in [0.3, 0.4) is 0 Å². The first kappa shape index (κ1) is 43.7. The molecule has 11 rings (SSSR count). The van der Waals surface area contributed by atoms with Gasteiger partial charge in [-0.15, -0.1) is 11.3 Å².